The first-order valence-electron chi connectivity index (χ1n) is 13.3. The van der Waals surface area contributed by atoms with Gasteiger partial charge in [-0.3, -0.25) is 0 Å². The number of hydrogen-bond donors (Lipinski definition) is 2. The van der Waals surface area contributed by atoms with Crippen molar-refractivity contribution in [3.63, 3.8) is 0 Å². The van der Waals surface area contributed by atoms with Gasteiger partial charge in [-0.1, -0.05) is 6.42 Å². The van der Waals surface area contributed by atoms with E-state index < -0.39 is 5.60 Å². The van der Waals surface area contributed by atoms with Crippen LogP contribution in [-0.2, 0) is 27.4 Å². The highest BCUT2D eigenvalue weighted by molar-refractivity contribution is 5.69. The van der Waals surface area contributed by atoms with E-state index in [9.17, 15) is 4.79 Å². The van der Waals surface area contributed by atoms with Gasteiger partial charge in [0, 0.05) is 37.2 Å². The first-order chi connectivity index (χ1) is 16.8. The van der Waals surface area contributed by atoms with Crippen molar-refractivity contribution >= 4 is 17.9 Å². The van der Waals surface area contributed by atoms with Crippen molar-refractivity contribution < 1.29 is 19.0 Å². The van der Waals surface area contributed by atoms with Gasteiger partial charge in [0.15, 0.2) is 0 Å². The van der Waals surface area contributed by atoms with Gasteiger partial charge in [-0.05, 0) is 64.2 Å². The zero-order chi connectivity index (χ0) is 24.2. The third kappa shape index (κ3) is 4.81. The topological polar surface area (TPSA) is 97.8 Å². The molecular weight excluding hydrogens is 446 g/mol. The van der Waals surface area contributed by atoms with Crippen LogP contribution in [0.4, 0.5) is 16.6 Å². The fourth-order valence-corrected chi connectivity index (χ4v) is 6.52. The molecule has 192 valence electrons. The van der Waals surface area contributed by atoms with E-state index >= 15 is 0 Å². The summed E-state index contributed by atoms with van der Waals surface area (Å²) in [7, 11) is 0. The van der Waals surface area contributed by atoms with Crippen LogP contribution >= 0.6 is 0 Å². The van der Waals surface area contributed by atoms with E-state index in [2.05, 4.69) is 10.6 Å². The number of carbonyl (C=O) groups is 1. The van der Waals surface area contributed by atoms with Crippen molar-refractivity contribution in [2.75, 3.05) is 43.4 Å². The second-order valence-corrected chi connectivity index (χ2v) is 12.3. The summed E-state index contributed by atoms with van der Waals surface area (Å²) in [5, 5.41) is 7.04. The first-order valence-corrected chi connectivity index (χ1v) is 13.3. The standard InChI is InChI=1S/C26H39N5O4/c1-25(2,3)35-24(32)31-13-26(14-31)8-7-16(34-15-26)9-28-23-29-21-12-33-11-20(21)22(30-23)27-10-19-17-5-4-6-18(17)19/h16-19H,4-15H2,1-3H3,(H2,27,28,29,30)/t16?,17-,18+,19?. The van der Waals surface area contributed by atoms with Crippen molar-refractivity contribution in [3.05, 3.63) is 11.3 Å². The maximum absolute atomic E-state index is 12.3. The number of likely N-dealkylation sites (tertiary alicyclic amines) is 1. The number of nitrogens with zero attached hydrogens (tertiary/aromatic N) is 3. The predicted molar refractivity (Wildman–Crippen MR) is 131 cm³/mol. The molecule has 9 heteroatoms. The van der Waals surface area contributed by atoms with E-state index in [4.69, 9.17) is 24.2 Å². The summed E-state index contributed by atoms with van der Waals surface area (Å²) >= 11 is 0. The number of ether oxygens (including phenoxy) is 3. The molecule has 2 saturated heterocycles. The summed E-state index contributed by atoms with van der Waals surface area (Å²) in [6.45, 7) is 10.6. The predicted octanol–water partition coefficient (Wildman–Crippen LogP) is 3.79. The maximum Gasteiger partial charge on any atom is 0.410 e. The summed E-state index contributed by atoms with van der Waals surface area (Å²) in [5.41, 5.74) is 1.71. The van der Waals surface area contributed by atoms with Crippen LogP contribution in [0, 0.1) is 23.2 Å². The Morgan fingerprint density at radius 3 is 2.63 bits per heavy atom. The summed E-state index contributed by atoms with van der Waals surface area (Å²) in [6, 6.07) is 0. The minimum Gasteiger partial charge on any atom is -0.444 e. The Hall–Kier alpha value is -2.13. The van der Waals surface area contributed by atoms with Gasteiger partial charge < -0.3 is 29.7 Å². The van der Waals surface area contributed by atoms with Crippen LogP contribution in [0.3, 0.4) is 0 Å². The Balaban J connectivity index is 0.984. The van der Waals surface area contributed by atoms with Crippen LogP contribution in [0.2, 0.25) is 0 Å². The Morgan fingerprint density at radius 2 is 1.91 bits per heavy atom. The lowest BCUT2D eigenvalue weighted by molar-refractivity contribution is -0.124. The molecule has 1 aromatic rings. The molecule has 1 amide bonds. The third-order valence-corrected chi connectivity index (χ3v) is 8.48. The number of rotatable bonds is 6. The fraction of sp³-hybridized carbons (Fsp3) is 0.808. The molecule has 1 aromatic heterocycles. The van der Waals surface area contributed by atoms with Gasteiger partial charge in [0.05, 0.1) is 31.6 Å². The minimum atomic E-state index is -0.461. The zero-order valence-electron chi connectivity index (χ0n) is 21.3. The molecule has 2 unspecified atom stereocenters. The SMILES string of the molecule is CC(C)(C)OC(=O)N1CC2(CCC(CNc3nc4c(c(NCC5[C@H]6CCC[C@@H]56)n3)COC4)OC2)C1. The Morgan fingerprint density at radius 1 is 1.11 bits per heavy atom. The Kier molecular flexibility index (Phi) is 5.83. The number of anilines is 2. The summed E-state index contributed by atoms with van der Waals surface area (Å²) in [4.78, 5) is 23.6. The van der Waals surface area contributed by atoms with Gasteiger partial charge in [-0.2, -0.15) is 4.98 Å². The van der Waals surface area contributed by atoms with E-state index in [0.717, 1.165) is 54.2 Å². The molecule has 5 aliphatic rings. The first kappa shape index (κ1) is 23.3. The highest BCUT2D eigenvalue weighted by atomic mass is 16.6. The van der Waals surface area contributed by atoms with Gasteiger partial charge in [0.1, 0.15) is 11.4 Å². The second-order valence-electron chi connectivity index (χ2n) is 12.3. The molecule has 1 spiro atoms. The summed E-state index contributed by atoms with van der Waals surface area (Å²) < 4.78 is 17.4. The highest BCUT2D eigenvalue weighted by Gasteiger charge is 2.52. The van der Waals surface area contributed by atoms with Crippen LogP contribution < -0.4 is 10.6 Å². The quantitative estimate of drug-likeness (QED) is 0.628. The van der Waals surface area contributed by atoms with Gasteiger partial charge in [0.2, 0.25) is 5.95 Å². The lowest BCUT2D eigenvalue weighted by Crippen LogP contribution is -2.63. The summed E-state index contributed by atoms with van der Waals surface area (Å²) in [6.07, 6.45) is 6.11. The van der Waals surface area contributed by atoms with Crippen LogP contribution in [0.15, 0.2) is 0 Å². The van der Waals surface area contributed by atoms with Crippen molar-refractivity contribution in [3.8, 4) is 0 Å². The third-order valence-electron chi connectivity index (χ3n) is 8.48. The average molecular weight is 486 g/mol. The van der Waals surface area contributed by atoms with E-state index in [0.29, 0.717) is 45.4 Å². The average Bonchev–Trinajstić information content (AvgIpc) is 3.14. The van der Waals surface area contributed by atoms with E-state index in [-0.39, 0.29) is 17.6 Å². The number of hydrogen-bond acceptors (Lipinski definition) is 8. The van der Waals surface area contributed by atoms with Gasteiger partial charge in [0.25, 0.3) is 0 Å². The van der Waals surface area contributed by atoms with Crippen molar-refractivity contribution in [2.24, 2.45) is 23.2 Å². The Bertz CT molecular complexity index is 953. The smallest absolute Gasteiger partial charge is 0.410 e. The molecule has 4 atom stereocenters. The molecule has 2 saturated carbocycles. The van der Waals surface area contributed by atoms with Gasteiger partial charge >= 0.3 is 6.09 Å². The fourth-order valence-electron chi connectivity index (χ4n) is 6.52. The van der Waals surface area contributed by atoms with E-state index in [1.165, 1.54) is 19.3 Å². The molecule has 35 heavy (non-hydrogen) atoms. The summed E-state index contributed by atoms with van der Waals surface area (Å²) in [5.74, 6) is 4.26. The van der Waals surface area contributed by atoms with Gasteiger partial charge in [-0.15, -0.1) is 0 Å². The van der Waals surface area contributed by atoms with Crippen LogP contribution in [-0.4, -0.2) is 65.5 Å². The molecule has 2 N–H and O–H groups in total. The number of fused-ring (bicyclic) bond motifs is 2. The molecule has 4 heterocycles. The largest absolute Gasteiger partial charge is 0.444 e. The van der Waals surface area contributed by atoms with Crippen LogP contribution in [0.5, 0.6) is 0 Å². The molecule has 0 aromatic carbocycles. The molecule has 6 rings (SSSR count). The van der Waals surface area contributed by atoms with E-state index in [1.807, 2.05) is 20.8 Å². The number of amides is 1. The molecule has 0 radical (unpaired) electrons. The molecule has 2 aliphatic carbocycles. The van der Waals surface area contributed by atoms with Crippen molar-refractivity contribution in [1.29, 1.82) is 0 Å². The minimum absolute atomic E-state index is 0.0764. The lowest BCUT2D eigenvalue weighted by atomic mass is 9.74. The number of aromatic nitrogens is 2. The van der Waals surface area contributed by atoms with E-state index in [1.54, 1.807) is 4.90 Å². The van der Waals surface area contributed by atoms with Crippen molar-refractivity contribution in [2.45, 2.75) is 77.8 Å². The molecular formula is C26H39N5O4. The second kappa shape index (κ2) is 8.76. The normalized spacial score (nSPS) is 30.4. The number of nitrogens with one attached hydrogen (secondary N) is 2. The number of carbonyl (C=O) groups excluding carboxylic acids is 1. The Labute approximate surface area is 207 Å². The highest BCUT2D eigenvalue weighted by Crippen LogP contribution is 2.57. The molecule has 4 fully saturated rings. The molecule has 0 bridgehead atoms. The molecule has 3 aliphatic heterocycles. The van der Waals surface area contributed by atoms with Gasteiger partial charge in [-0.25, -0.2) is 9.78 Å². The zero-order valence-corrected chi connectivity index (χ0v) is 21.3. The molecule has 9 nitrogen and oxygen atoms in total. The monoisotopic (exact) mass is 485 g/mol. The van der Waals surface area contributed by atoms with Crippen LogP contribution in [0.25, 0.3) is 0 Å². The lowest BCUT2D eigenvalue weighted by Gasteiger charge is -2.52. The van der Waals surface area contributed by atoms with Crippen LogP contribution in [0.1, 0.15) is 64.1 Å². The maximum atomic E-state index is 12.3. The van der Waals surface area contributed by atoms with Crippen molar-refractivity contribution in [1.82, 2.24) is 14.9 Å².